The summed E-state index contributed by atoms with van der Waals surface area (Å²) >= 11 is 0. The zero-order valence-corrected chi connectivity index (χ0v) is 13.9. The van der Waals surface area contributed by atoms with Crippen molar-refractivity contribution < 1.29 is 27.6 Å². The summed E-state index contributed by atoms with van der Waals surface area (Å²) in [5, 5.41) is 6.44. The summed E-state index contributed by atoms with van der Waals surface area (Å²) in [7, 11) is 2.77. The van der Waals surface area contributed by atoms with Crippen molar-refractivity contribution in [3.05, 3.63) is 29.8 Å². The van der Waals surface area contributed by atoms with Crippen molar-refractivity contribution in [3.63, 3.8) is 0 Å². The molecule has 25 heavy (non-hydrogen) atoms. The van der Waals surface area contributed by atoms with Crippen LogP contribution in [0.5, 0.6) is 0 Å². The van der Waals surface area contributed by atoms with E-state index in [1.54, 1.807) is 0 Å². The number of nitrogens with one attached hydrogen (secondary N) is 3. The Hall–Kier alpha value is -2.62. The second kappa shape index (κ2) is 8.47. The summed E-state index contributed by atoms with van der Waals surface area (Å²) in [5.41, 5.74) is -1.33. The van der Waals surface area contributed by atoms with Crippen LogP contribution in [0.2, 0.25) is 0 Å². The first-order valence-corrected chi connectivity index (χ1v) is 7.25. The topological polar surface area (TPSA) is 90.5 Å². The zero-order valence-electron chi connectivity index (χ0n) is 13.9. The first-order valence-electron chi connectivity index (χ1n) is 7.25. The van der Waals surface area contributed by atoms with Crippen LogP contribution in [-0.2, 0) is 15.8 Å². The molecule has 0 aliphatic carbocycles. The van der Waals surface area contributed by atoms with E-state index in [4.69, 9.17) is 0 Å². The third-order valence-corrected chi connectivity index (χ3v) is 3.40. The molecule has 0 aliphatic rings. The maximum atomic E-state index is 12.9. The number of carbonyl (C=O) groups excluding carboxylic acids is 3. The first-order chi connectivity index (χ1) is 11.6. The molecular formula is C15H19F3N4O3. The average Bonchev–Trinajstić information content (AvgIpc) is 2.53. The molecule has 0 aliphatic heterocycles. The van der Waals surface area contributed by atoms with Gasteiger partial charge in [-0.05, 0) is 26.1 Å². The zero-order chi connectivity index (χ0) is 19.2. The number of hydrogen-bond acceptors (Lipinski definition) is 4. The number of alkyl halides is 3. The number of nitrogens with zero attached hydrogens (tertiary/aromatic N) is 1. The molecule has 0 aromatic heterocycles. The van der Waals surface area contributed by atoms with Gasteiger partial charge in [0.05, 0.1) is 23.8 Å². The highest BCUT2D eigenvalue weighted by Gasteiger charge is 2.33. The number of imide groups is 1. The van der Waals surface area contributed by atoms with Crippen LogP contribution in [0.15, 0.2) is 24.3 Å². The van der Waals surface area contributed by atoms with E-state index < -0.39 is 35.6 Å². The molecule has 0 radical (unpaired) electrons. The van der Waals surface area contributed by atoms with Crippen LogP contribution in [0.4, 0.5) is 23.7 Å². The normalized spacial score (nSPS) is 12.4. The van der Waals surface area contributed by atoms with Crippen LogP contribution in [0.1, 0.15) is 12.5 Å². The van der Waals surface area contributed by atoms with Gasteiger partial charge < -0.3 is 10.6 Å². The predicted molar refractivity (Wildman–Crippen MR) is 84.8 cm³/mol. The van der Waals surface area contributed by atoms with Crippen LogP contribution < -0.4 is 16.0 Å². The van der Waals surface area contributed by atoms with Crippen LogP contribution in [0.3, 0.4) is 0 Å². The lowest BCUT2D eigenvalue weighted by atomic mass is 10.1. The Morgan fingerprint density at radius 3 is 2.36 bits per heavy atom. The fraction of sp³-hybridized carbons (Fsp3) is 0.400. The molecule has 1 atom stereocenters. The Labute approximate surface area is 142 Å². The number of hydrogen-bond donors (Lipinski definition) is 3. The van der Waals surface area contributed by atoms with E-state index in [2.05, 4.69) is 16.0 Å². The first kappa shape index (κ1) is 20.4. The van der Waals surface area contributed by atoms with E-state index in [1.807, 2.05) is 0 Å². The molecule has 1 aromatic carbocycles. The van der Waals surface area contributed by atoms with Gasteiger partial charge in [-0.1, -0.05) is 12.1 Å². The molecule has 0 unspecified atom stereocenters. The summed E-state index contributed by atoms with van der Waals surface area (Å²) in [5.74, 6) is -1.37. The standard InChI is InChI=1S/C15H19F3N4O3/c1-9(13(24)21-14(25)19-2)22(3)8-12(23)20-11-7-5-4-6-10(11)15(16,17)18/h4-7,9H,8H2,1-3H3,(H,20,23)(H2,19,21,24,25)/t9-/m1/s1. The molecule has 0 fully saturated rings. The van der Waals surface area contributed by atoms with Gasteiger partial charge in [0.1, 0.15) is 0 Å². The van der Waals surface area contributed by atoms with Gasteiger partial charge in [-0.3, -0.25) is 19.8 Å². The lowest BCUT2D eigenvalue weighted by molar-refractivity contribution is -0.137. The number of rotatable bonds is 5. The molecule has 138 valence electrons. The number of para-hydroxylation sites is 1. The lowest BCUT2D eigenvalue weighted by Crippen LogP contribution is -2.49. The summed E-state index contributed by atoms with van der Waals surface area (Å²) in [6.07, 6.45) is -4.60. The molecule has 1 aromatic rings. The molecule has 0 bridgehead atoms. The van der Waals surface area contributed by atoms with Gasteiger partial charge >= 0.3 is 12.2 Å². The van der Waals surface area contributed by atoms with Crippen molar-refractivity contribution >= 4 is 23.5 Å². The van der Waals surface area contributed by atoms with Gasteiger partial charge in [-0.15, -0.1) is 0 Å². The Bertz CT molecular complexity index is 649. The van der Waals surface area contributed by atoms with Gasteiger partial charge in [0.25, 0.3) is 0 Å². The molecule has 0 saturated carbocycles. The second-order valence-electron chi connectivity index (χ2n) is 5.25. The molecule has 10 heteroatoms. The summed E-state index contributed by atoms with van der Waals surface area (Å²) in [6.45, 7) is 1.11. The van der Waals surface area contributed by atoms with Crippen molar-refractivity contribution in [3.8, 4) is 0 Å². The van der Waals surface area contributed by atoms with Crippen LogP contribution in [0.25, 0.3) is 0 Å². The summed E-state index contributed by atoms with van der Waals surface area (Å²) < 4.78 is 38.7. The SMILES string of the molecule is CNC(=O)NC(=O)[C@@H](C)N(C)CC(=O)Nc1ccccc1C(F)(F)F. The van der Waals surface area contributed by atoms with Crippen LogP contribution in [-0.4, -0.2) is 49.4 Å². The van der Waals surface area contributed by atoms with E-state index in [0.29, 0.717) is 0 Å². The summed E-state index contributed by atoms with van der Waals surface area (Å²) in [6, 6.07) is 3.04. The fourth-order valence-corrected chi connectivity index (χ4v) is 1.87. The number of anilines is 1. The molecule has 1 rings (SSSR count). The third-order valence-electron chi connectivity index (χ3n) is 3.40. The molecule has 7 nitrogen and oxygen atoms in total. The van der Waals surface area contributed by atoms with E-state index in [9.17, 15) is 27.6 Å². The highest BCUT2D eigenvalue weighted by Crippen LogP contribution is 2.34. The van der Waals surface area contributed by atoms with Gasteiger partial charge in [0.2, 0.25) is 11.8 Å². The van der Waals surface area contributed by atoms with E-state index in [-0.39, 0.29) is 12.2 Å². The third kappa shape index (κ3) is 6.07. The monoisotopic (exact) mass is 360 g/mol. The number of urea groups is 1. The largest absolute Gasteiger partial charge is 0.418 e. The second-order valence-corrected chi connectivity index (χ2v) is 5.25. The minimum absolute atomic E-state index is 0.339. The Kier molecular flexibility index (Phi) is 6.92. The highest BCUT2D eigenvalue weighted by atomic mass is 19.4. The number of halogens is 3. The molecule has 0 heterocycles. The van der Waals surface area contributed by atoms with E-state index in [1.165, 1.54) is 38.1 Å². The average molecular weight is 360 g/mol. The fourth-order valence-electron chi connectivity index (χ4n) is 1.87. The minimum Gasteiger partial charge on any atom is -0.341 e. The molecule has 0 spiro atoms. The lowest BCUT2D eigenvalue weighted by Gasteiger charge is -2.23. The van der Waals surface area contributed by atoms with Gasteiger partial charge in [-0.25, -0.2) is 4.79 Å². The number of benzene rings is 1. The van der Waals surface area contributed by atoms with Crippen LogP contribution in [0, 0.1) is 0 Å². The van der Waals surface area contributed by atoms with Crippen molar-refractivity contribution in [2.24, 2.45) is 0 Å². The maximum Gasteiger partial charge on any atom is 0.418 e. The van der Waals surface area contributed by atoms with Gasteiger partial charge in [0.15, 0.2) is 0 Å². The van der Waals surface area contributed by atoms with Crippen molar-refractivity contribution in [2.45, 2.75) is 19.1 Å². The smallest absolute Gasteiger partial charge is 0.341 e. The number of carbonyl (C=O) groups is 3. The predicted octanol–water partition coefficient (Wildman–Crippen LogP) is 1.42. The van der Waals surface area contributed by atoms with Crippen molar-refractivity contribution in [1.82, 2.24) is 15.5 Å². The highest BCUT2D eigenvalue weighted by molar-refractivity contribution is 5.97. The Morgan fingerprint density at radius 2 is 1.80 bits per heavy atom. The van der Waals surface area contributed by atoms with Gasteiger partial charge in [0, 0.05) is 7.05 Å². The Balaban J connectivity index is 2.71. The molecular weight excluding hydrogens is 341 g/mol. The quantitative estimate of drug-likeness (QED) is 0.741. The van der Waals surface area contributed by atoms with E-state index >= 15 is 0 Å². The number of likely N-dealkylation sites (N-methyl/N-ethyl adjacent to an activating group) is 1. The molecule has 0 saturated heterocycles. The van der Waals surface area contributed by atoms with Crippen molar-refractivity contribution in [2.75, 3.05) is 26.0 Å². The Morgan fingerprint density at radius 1 is 1.20 bits per heavy atom. The van der Waals surface area contributed by atoms with E-state index in [0.717, 1.165) is 12.1 Å². The summed E-state index contributed by atoms with van der Waals surface area (Å²) in [4.78, 5) is 36.2. The molecule has 4 amide bonds. The number of amides is 4. The van der Waals surface area contributed by atoms with Crippen molar-refractivity contribution in [1.29, 1.82) is 0 Å². The maximum absolute atomic E-state index is 12.9. The molecule has 3 N–H and O–H groups in total. The van der Waals surface area contributed by atoms with Gasteiger partial charge in [-0.2, -0.15) is 13.2 Å². The minimum atomic E-state index is -4.60. The van der Waals surface area contributed by atoms with Crippen LogP contribution >= 0.6 is 0 Å².